The maximum absolute atomic E-state index is 10.7. The molecule has 0 aliphatic carbocycles. The molecule has 0 aliphatic rings. The normalized spacial score (nSPS) is 11.2. The van der Waals surface area contributed by atoms with Gasteiger partial charge in [-0.1, -0.05) is 18.2 Å². The van der Waals surface area contributed by atoms with E-state index in [2.05, 4.69) is 25.3 Å². The molecule has 29 heavy (non-hydrogen) atoms. The Morgan fingerprint density at radius 1 is 1.17 bits per heavy atom. The summed E-state index contributed by atoms with van der Waals surface area (Å²) in [5, 5.41) is 22.8. The van der Waals surface area contributed by atoms with Crippen LogP contribution in [0.5, 0.6) is 5.75 Å². The number of nitrogens with zero attached hydrogens (tertiary/aromatic N) is 6. The number of aromatic amines is 1. The molecule has 10 nitrogen and oxygen atoms in total. The topological polar surface area (TPSA) is 124 Å². The van der Waals surface area contributed by atoms with Gasteiger partial charge in [-0.15, -0.1) is 5.10 Å². The molecule has 0 bridgehead atoms. The average molecular weight is 387 g/mol. The molecular weight excluding hydrogens is 374 g/mol. The summed E-state index contributed by atoms with van der Waals surface area (Å²) in [6.45, 7) is 0.312. The third kappa shape index (κ3) is 3.12. The predicted octanol–water partition coefficient (Wildman–Crippen LogP) is 3.15. The molecule has 2 aromatic carbocycles. The second kappa shape index (κ2) is 6.68. The zero-order valence-electron chi connectivity index (χ0n) is 14.9. The molecule has 142 valence electrons. The highest BCUT2D eigenvalue weighted by molar-refractivity contribution is 5.88. The largest absolute Gasteiger partial charge is 0.489 e. The zero-order valence-corrected chi connectivity index (χ0v) is 14.9. The van der Waals surface area contributed by atoms with Crippen molar-refractivity contribution in [2.45, 2.75) is 6.61 Å². The van der Waals surface area contributed by atoms with Crippen molar-refractivity contribution in [1.82, 2.24) is 29.8 Å². The van der Waals surface area contributed by atoms with Gasteiger partial charge in [0.15, 0.2) is 17.1 Å². The van der Waals surface area contributed by atoms with Crippen LogP contribution in [0.25, 0.3) is 28.1 Å². The van der Waals surface area contributed by atoms with Gasteiger partial charge in [-0.25, -0.2) is 14.5 Å². The summed E-state index contributed by atoms with van der Waals surface area (Å²) in [6.07, 6.45) is 3.26. The fourth-order valence-corrected chi connectivity index (χ4v) is 2.99. The minimum atomic E-state index is -0.443. The molecule has 0 fully saturated rings. The van der Waals surface area contributed by atoms with E-state index in [0.29, 0.717) is 29.5 Å². The molecule has 10 heteroatoms. The summed E-state index contributed by atoms with van der Waals surface area (Å²) in [4.78, 5) is 19.2. The van der Waals surface area contributed by atoms with Gasteiger partial charge in [-0.3, -0.25) is 15.2 Å². The minimum Gasteiger partial charge on any atom is -0.489 e. The van der Waals surface area contributed by atoms with Crippen molar-refractivity contribution in [3.8, 4) is 17.1 Å². The van der Waals surface area contributed by atoms with Crippen LogP contribution in [0.3, 0.4) is 0 Å². The molecule has 0 aliphatic heterocycles. The van der Waals surface area contributed by atoms with Crippen LogP contribution in [0.15, 0.2) is 61.1 Å². The van der Waals surface area contributed by atoms with Crippen molar-refractivity contribution in [2.75, 3.05) is 0 Å². The van der Waals surface area contributed by atoms with Crippen LogP contribution in [-0.4, -0.2) is 34.7 Å². The number of benzene rings is 2. The molecule has 1 N–H and O–H groups in total. The number of hydrogen-bond donors (Lipinski definition) is 1. The molecule has 0 spiro atoms. The number of aromatic nitrogens is 6. The van der Waals surface area contributed by atoms with Gasteiger partial charge < -0.3 is 4.74 Å². The number of nitro groups is 1. The van der Waals surface area contributed by atoms with Crippen molar-refractivity contribution < 1.29 is 9.66 Å². The lowest BCUT2D eigenvalue weighted by Gasteiger charge is -2.07. The van der Waals surface area contributed by atoms with Gasteiger partial charge in [0.1, 0.15) is 18.7 Å². The lowest BCUT2D eigenvalue weighted by Crippen LogP contribution is -1.96. The molecule has 0 radical (unpaired) electrons. The Bertz CT molecular complexity index is 1340. The van der Waals surface area contributed by atoms with Crippen LogP contribution < -0.4 is 4.74 Å². The highest BCUT2D eigenvalue weighted by Gasteiger charge is 2.12. The first-order valence-corrected chi connectivity index (χ1v) is 8.68. The van der Waals surface area contributed by atoms with Crippen molar-refractivity contribution in [3.05, 3.63) is 76.7 Å². The van der Waals surface area contributed by atoms with Crippen LogP contribution in [0.1, 0.15) is 5.56 Å². The van der Waals surface area contributed by atoms with E-state index in [4.69, 9.17) is 4.74 Å². The van der Waals surface area contributed by atoms with Gasteiger partial charge in [-0.2, -0.15) is 5.10 Å². The monoisotopic (exact) mass is 387 g/mol. The Morgan fingerprint density at radius 2 is 2.03 bits per heavy atom. The standard InChI is InChI=1S/C19H13N7O3/c27-26(28)14-4-6-15(7-5-14)29-10-12-2-1-3-13(8-12)17-22-19-16-9-21-23-18(16)20-11-25(19)24-17/h1-9,11H,10H2,(H,21,23). The molecule has 5 aromatic rings. The summed E-state index contributed by atoms with van der Waals surface area (Å²) in [6, 6.07) is 13.7. The van der Waals surface area contributed by atoms with Gasteiger partial charge in [-0.05, 0) is 23.8 Å². The molecule has 0 unspecified atom stereocenters. The van der Waals surface area contributed by atoms with E-state index in [1.807, 2.05) is 24.3 Å². The quantitative estimate of drug-likeness (QED) is 0.363. The predicted molar refractivity (Wildman–Crippen MR) is 103 cm³/mol. The molecule has 0 amide bonds. The molecule has 3 aromatic heterocycles. The van der Waals surface area contributed by atoms with Crippen LogP contribution in [0, 0.1) is 10.1 Å². The first-order valence-electron chi connectivity index (χ1n) is 8.68. The second-order valence-electron chi connectivity index (χ2n) is 6.32. The van der Waals surface area contributed by atoms with E-state index in [1.165, 1.54) is 12.1 Å². The minimum absolute atomic E-state index is 0.0264. The Hall–Kier alpha value is -4.34. The molecule has 0 atom stereocenters. The number of nitro benzene ring substituents is 1. The van der Waals surface area contributed by atoms with Crippen LogP contribution >= 0.6 is 0 Å². The molecule has 0 saturated heterocycles. The third-order valence-electron chi connectivity index (χ3n) is 4.43. The molecular formula is C19H13N7O3. The maximum atomic E-state index is 10.7. The summed E-state index contributed by atoms with van der Waals surface area (Å²) < 4.78 is 7.35. The van der Waals surface area contributed by atoms with Crippen molar-refractivity contribution in [1.29, 1.82) is 0 Å². The fourth-order valence-electron chi connectivity index (χ4n) is 2.99. The summed E-state index contributed by atoms with van der Waals surface area (Å²) in [5.74, 6) is 1.12. The van der Waals surface area contributed by atoms with Crippen molar-refractivity contribution in [3.63, 3.8) is 0 Å². The van der Waals surface area contributed by atoms with Crippen LogP contribution in [0.4, 0.5) is 5.69 Å². The molecule has 0 saturated carbocycles. The Labute approximate surface area is 163 Å². The fraction of sp³-hybridized carbons (Fsp3) is 0.0526. The van der Waals surface area contributed by atoms with E-state index in [1.54, 1.807) is 29.2 Å². The first-order chi connectivity index (χ1) is 14.2. The number of H-pyrrole nitrogens is 1. The maximum Gasteiger partial charge on any atom is 0.269 e. The highest BCUT2D eigenvalue weighted by Crippen LogP contribution is 2.22. The number of hydrogen-bond acceptors (Lipinski definition) is 7. The number of nitrogens with one attached hydrogen (secondary N) is 1. The zero-order chi connectivity index (χ0) is 19.8. The van der Waals surface area contributed by atoms with Crippen molar-refractivity contribution in [2.24, 2.45) is 0 Å². The second-order valence-corrected chi connectivity index (χ2v) is 6.32. The lowest BCUT2D eigenvalue weighted by atomic mass is 10.1. The number of ether oxygens (including phenoxy) is 1. The van der Waals surface area contributed by atoms with Gasteiger partial charge in [0.2, 0.25) is 0 Å². The first kappa shape index (κ1) is 16.8. The summed E-state index contributed by atoms with van der Waals surface area (Å²) in [7, 11) is 0. The third-order valence-corrected chi connectivity index (χ3v) is 4.43. The SMILES string of the molecule is O=[N+]([O-])c1ccc(OCc2cccc(-c3nc4c5cn[nH]c5ncn4n3)c2)cc1. The Morgan fingerprint density at radius 3 is 2.86 bits per heavy atom. The van der Waals surface area contributed by atoms with E-state index < -0.39 is 4.92 Å². The van der Waals surface area contributed by atoms with E-state index in [9.17, 15) is 10.1 Å². The van der Waals surface area contributed by atoms with E-state index in [0.717, 1.165) is 16.5 Å². The van der Waals surface area contributed by atoms with Crippen LogP contribution in [0.2, 0.25) is 0 Å². The van der Waals surface area contributed by atoms with E-state index >= 15 is 0 Å². The lowest BCUT2D eigenvalue weighted by molar-refractivity contribution is -0.384. The Kier molecular flexibility index (Phi) is 3.87. The number of rotatable bonds is 5. The number of fused-ring (bicyclic) bond motifs is 3. The van der Waals surface area contributed by atoms with E-state index in [-0.39, 0.29) is 5.69 Å². The molecule has 5 rings (SSSR count). The highest BCUT2D eigenvalue weighted by atomic mass is 16.6. The summed E-state index contributed by atoms with van der Waals surface area (Å²) >= 11 is 0. The van der Waals surface area contributed by atoms with Gasteiger partial charge in [0, 0.05) is 17.7 Å². The summed E-state index contributed by atoms with van der Waals surface area (Å²) in [5.41, 5.74) is 3.12. The Balaban J connectivity index is 1.39. The molecule has 3 heterocycles. The van der Waals surface area contributed by atoms with Crippen LogP contribution in [-0.2, 0) is 6.61 Å². The van der Waals surface area contributed by atoms with Gasteiger partial charge in [0.25, 0.3) is 5.69 Å². The van der Waals surface area contributed by atoms with Gasteiger partial charge in [0.05, 0.1) is 16.5 Å². The average Bonchev–Trinajstić information content (AvgIpc) is 3.39. The smallest absolute Gasteiger partial charge is 0.269 e. The van der Waals surface area contributed by atoms with Gasteiger partial charge >= 0.3 is 0 Å². The van der Waals surface area contributed by atoms with Crippen molar-refractivity contribution >= 4 is 22.4 Å². The number of non-ortho nitro benzene ring substituents is 1.